The van der Waals surface area contributed by atoms with E-state index in [0.29, 0.717) is 5.69 Å². The van der Waals surface area contributed by atoms with Gasteiger partial charge in [0.15, 0.2) is 0 Å². The van der Waals surface area contributed by atoms with Gasteiger partial charge in [0, 0.05) is 36.3 Å². The predicted octanol–water partition coefficient (Wildman–Crippen LogP) is 4.76. The highest BCUT2D eigenvalue weighted by Gasteiger charge is 2.25. The van der Waals surface area contributed by atoms with E-state index in [1.807, 2.05) is 35.2 Å². The van der Waals surface area contributed by atoms with Crippen LogP contribution in [0.25, 0.3) is 0 Å². The van der Waals surface area contributed by atoms with E-state index in [9.17, 15) is 4.79 Å². The summed E-state index contributed by atoms with van der Waals surface area (Å²) in [5, 5.41) is 0. The van der Waals surface area contributed by atoms with Gasteiger partial charge in [0.2, 0.25) is 0 Å². The summed E-state index contributed by atoms with van der Waals surface area (Å²) in [5.41, 5.74) is 6.41. The Kier molecular flexibility index (Phi) is 4.32. The normalized spacial score (nSPS) is 15.7. The molecule has 0 N–H and O–H groups in total. The fourth-order valence-corrected chi connectivity index (χ4v) is 4.39. The van der Waals surface area contributed by atoms with E-state index < -0.39 is 0 Å². The number of benzene rings is 2. The molecule has 28 heavy (non-hydrogen) atoms. The van der Waals surface area contributed by atoms with Gasteiger partial charge in [-0.2, -0.15) is 0 Å². The Morgan fingerprint density at radius 3 is 2.32 bits per heavy atom. The molecule has 0 saturated heterocycles. The van der Waals surface area contributed by atoms with Crippen LogP contribution in [0.5, 0.6) is 0 Å². The number of pyridine rings is 1. The SMILES string of the molecule is O=C(c1cc(N2CCCc3ccccc32)ccn1)N1CCCc2ccccc21. The molecule has 3 heterocycles. The van der Waals surface area contributed by atoms with Gasteiger partial charge in [0.1, 0.15) is 5.69 Å². The van der Waals surface area contributed by atoms with Crippen molar-refractivity contribution in [1.29, 1.82) is 0 Å². The van der Waals surface area contributed by atoms with Crippen LogP contribution in [0, 0.1) is 0 Å². The zero-order valence-corrected chi connectivity index (χ0v) is 15.8. The Bertz CT molecular complexity index is 1030. The van der Waals surface area contributed by atoms with Crippen LogP contribution in [-0.2, 0) is 12.8 Å². The van der Waals surface area contributed by atoms with Gasteiger partial charge in [0.25, 0.3) is 5.91 Å². The van der Waals surface area contributed by atoms with Gasteiger partial charge in [-0.25, -0.2) is 0 Å². The van der Waals surface area contributed by atoms with Gasteiger partial charge in [-0.3, -0.25) is 9.78 Å². The molecule has 0 atom stereocenters. The molecule has 4 heteroatoms. The van der Waals surface area contributed by atoms with Gasteiger partial charge in [-0.05, 0) is 61.1 Å². The molecule has 0 unspecified atom stereocenters. The number of carbonyl (C=O) groups excluding carboxylic acids is 1. The Morgan fingerprint density at radius 2 is 1.50 bits per heavy atom. The lowest BCUT2D eigenvalue weighted by atomic mass is 10.0. The van der Waals surface area contributed by atoms with Gasteiger partial charge < -0.3 is 9.80 Å². The molecular formula is C24H23N3O. The second kappa shape index (κ2) is 7.12. The van der Waals surface area contributed by atoms with Gasteiger partial charge in [-0.1, -0.05) is 36.4 Å². The first-order chi connectivity index (χ1) is 13.8. The van der Waals surface area contributed by atoms with Crippen LogP contribution in [0.3, 0.4) is 0 Å². The lowest BCUT2D eigenvalue weighted by Crippen LogP contribution is -2.36. The highest BCUT2D eigenvalue weighted by molar-refractivity contribution is 6.06. The molecule has 0 radical (unpaired) electrons. The van der Waals surface area contributed by atoms with E-state index in [1.165, 1.54) is 16.8 Å². The first-order valence-electron chi connectivity index (χ1n) is 10.0. The first kappa shape index (κ1) is 17.0. The summed E-state index contributed by atoms with van der Waals surface area (Å²) in [6.45, 7) is 1.70. The maximum atomic E-state index is 13.3. The molecule has 2 aliphatic rings. The molecule has 0 aliphatic carbocycles. The fourth-order valence-electron chi connectivity index (χ4n) is 4.39. The molecule has 0 saturated carbocycles. The minimum Gasteiger partial charge on any atom is -0.341 e. The van der Waals surface area contributed by atoms with Crippen LogP contribution in [-0.4, -0.2) is 24.0 Å². The summed E-state index contributed by atoms with van der Waals surface area (Å²) >= 11 is 0. The van der Waals surface area contributed by atoms with Crippen molar-refractivity contribution in [2.45, 2.75) is 25.7 Å². The van der Waals surface area contributed by atoms with E-state index >= 15 is 0 Å². The molecule has 4 nitrogen and oxygen atoms in total. The van der Waals surface area contributed by atoms with E-state index in [1.54, 1.807) is 6.20 Å². The van der Waals surface area contributed by atoms with Crippen molar-refractivity contribution < 1.29 is 4.79 Å². The zero-order chi connectivity index (χ0) is 18.9. The maximum Gasteiger partial charge on any atom is 0.276 e. The largest absolute Gasteiger partial charge is 0.341 e. The maximum absolute atomic E-state index is 13.3. The molecule has 5 rings (SSSR count). The Labute approximate surface area is 165 Å². The minimum atomic E-state index is -0.0145. The predicted molar refractivity (Wildman–Crippen MR) is 112 cm³/mol. The van der Waals surface area contributed by atoms with Crippen LogP contribution in [0.4, 0.5) is 17.1 Å². The summed E-state index contributed by atoms with van der Waals surface area (Å²) < 4.78 is 0. The van der Waals surface area contributed by atoms with Gasteiger partial charge in [0.05, 0.1) is 0 Å². The summed E-state index contributed by atoms with van der Waals surface area (Å²) in [4.78, 5) is 21.9. The van der Waals surface area contributed by atoms with Crippen LogP contribution in [0.1, 0.15) is 34.5 Å². The molecule has 3 aromatic rings. The molecule has 1 aromatic heterocycles. The summed E-state index contributed by atoms with van der Waals surface area (Å²) in [7, 11) is 0. The highest BCUT2D eigenvalue weighted by atomic mass is 16.2. The number of anilines is 3. The van der Waals surface area contributed by atoms with Crippen LogP contribution >= 0.6 is 0 Å². The smallest absolute Gasteiger partial charge is 0.276 e. The summed E-state index contributed by atoms with van der Waals surface area (Å²) in [6, 6.07) is 20.7. The number of hydrogen-bond donors (Lipinski definition) is 0. The molecule has 2 aromatic carbocycles. The van der Waals surface area contributed by atoms with Gasteiger partial charge in [-0.15, -0.1) is 0 Å². The Balaban J connectivity index is 1.48. The number of aromatic nitrogens is 1. The Hall–Kier alpha value is -3.14. The molecule has 0 fully saturated rings. The Morgan fingerprint density at radius 1 is 0.821 bits per heavy atom. The first-order valence-corrected chi connectivity index (χ1v) is 10.0. The molecule has 2 aliphatic heterocycles. The minimum absolute atomic E-state index is 0.0145. The summed E-state index contributed by atoms with van der Waals surface area (Å²) in [5.74, 6) is -0.0145. The number of rotatable bonds is 2. The number of fused-ring (bicyclic) bond motifs is 2. The molecule has 140 valence electrons. The molecular weight excluding hydrogens is 346 g/mol. The van der Waals surface area contributed by atoms with Crippen LogP contribution < -0.4 is 9.80 Å². The third-order valence-electron chi connectivity index (χ3n) is 5.74. The van der Waals surface area contributed by atoms with Crippen molar-refractivity contribution in [1.82, 2.24) is 4.98 Å². The van der Waals surface area contributed by atoms with Gasteiger partial charge >= 0.3 is 0 Å². The molecule has 1 amide bonds. The van der Waals surface area contributed by atoms with E-state index in [4.69, 9.17) is 0 Å². The molecule has 0 spiro atoms. The van der Waals surface area contributed by atoms with Crippen molar-refractivity contribution in [3.05, 3.63) is 83.7 Å². The second-order valence-corrected chi connectivity index (χ2v) is 7.47. The van der Waals surface area contributed by atoms with Crippen molar-refractivity contribution in [3.8, 4) is 0 Å². The van der Waals surface area contributed by atoms with E-state index in [2.05, 4.69) is 40.2 Å². The topological polar surface area (TPSA) is 36.4 Å². The number of nitrogens with zero attached hydrogens (tertiary/aromatic N) is 3. The van der Waals surface area contributed by atoms with Crippen molar-refractivity contribution in [2.75, 3.05) is 22.9 Å². The third-order valence-corrected chi connectivity index (χ3v) is 5.74. The van der Waals surface area contributed by atoms with E-state index in [-0.39, 0.29) is 5.91 Å². The fraction of sp³-hybridized carbons (Fsp3) is 0.250. The number of carbonyl (C=O) groups is 1. The summed E-state index contributed by atoms with van der Waals surface area (Å²) in [6.07, 6.45) is 5.99. The third kappa shape index (κ3) is 2.95. The zero-order valence-electron chi connectivity index (χ0n) is 15.8. The lowest BCUT2D eigenvalue weighted by molar-refractivity contribution is 0.0980. The number of para-hydroxylation sites is 2. The second-order valence-electron chi connectivity index (χ2n) is 7.47. The standard InChI is InChI=1S/C24H23N3O/c28-24(27-16-6-10-19-8-2-4-12-23(19)27)21-17-20(13-14-25-21)26-15-5-9-18-7-1-3-11-22(18)26/h1-4,7-8,11-14,17H,5-6,9-10,15-16H2. The number of hydrogen-bond acceptors (Lipinski definition) is 3. The van der Waals surface area contributed by atoms with Crippen molar-refractivity contribution >= 4 is 23.0 Å². The quantitative estimate of drug-likeness (QED) is 0.653. The average Bonchev–Trinajstić information content (AvgIpc) is 2.78. The lowest BCUT2D eigenvalue weighted by Gasteiger charge is -2.32. The molecule has 0 bridgehead atoms. The monoisotopic (exact) mass is 369 g/mol. The van der Waals surface area contributed by atoms with E-state index in [0.717, 1.165) is 50.1 Å². The highest BCUT2D eigenvalue weighted by Crippen LogP contribution is 2.34. The number of aryl methyl sites for hydroxylation is 2. The van der Waals surface area contributed by atoms with Crippen LogP contribution in [0.15, 0.2) is 66.9 Å². The van der Waals surface area contributed by atoms with Crippen LogP contribution in [0.2, 0.25) is 0 Å². The number of amides is 1. The van der Waals surface area contributed by atoms with Crippen molar-refractivity contribution in [2.24, 2.45) is 0 Å². The average molecular weight is 369 g/mol. The van der Waals surface area contributed by atoms with Crippen molar-refractivity contribution in [3.63, 3.8) is 0 Å².